The molecule has 0 saturated heterocycles. The minimum atomic E-state index is -0.838. The number of carbonyl (C=O) groups excluding carboxylic acids is 1. The summed E-state index contributed by atoms with van der Waals surface area (Å²) in [5.74, 6) is 0.983. The van der Waals surface area contributed by atoms with E-state index in [1.165, 1.54) is 6.08 Å². The van der Waals surface area contributed by atoms with Crippen LogP contribution >= 0.6 is 0 Å². The van der Waals surface area contributed by atoms with Crippen LogP contribution in [0.5, 0.6) is 11.5 Å². The molecular weight excluding hydrogens is 240 g/mol. The smallest absolute Gasteiger partial charge is 0.198 e. The fourth-order valence-corrected chi connectivity index (χ4v) is 2.64. The number of rotatable bonds is 2. The van der Waals surface area contributed by atoms with Crippen molar-refractivity contribution in [1.82, 2.24) is 0 Å². The van der Waals surface area contributed by atoms with Gasteiger partial charge >= 0.3 is 0 Å². The fourth-order valence-electron chi connectivity index (χ4n) is 2.64. The van der Waals surface area contributed by atoms with Crippen molar-refractivity contribution in [3.63, 3.8) is 0 Å². The van der Waals surface area contributed by atoms with Crippen LogP contribution < -0.4 is 4.74 Å². The highest BCUT2D eigenvalue weighted by molar-refractivity contribution is 5.96. The predicted octanol–water partition coefficient (Wildman–Crippen LogP) is 3.16. The zero-order valence-corrected chi connectivity index (χ0v) is 12.0. The molecular formula is C16H20O3. The van der Waals surface area contributed by atoms with Crippen LogP contribution in [0.15, 0.2) is 12.7 Å². The highest BCUT2D eigenvalue weighted by Crippen LogP contribution is 2.43. The number of phenolic OH excluding ortho intramolecular Hbond substituents is 1. The molecule has 0 radical (unpaired) electrons. The van der Waals surface area contributed by atoms with Crippen LogP contribution in [0.2, 0.25) is 0 Å². The Hall–Kier alpha value is -1.77. The molecule has 3 nitrogen and oxygen atoms in total. The monoisotopic (exact) mass is 260 g/mol. The van der Waals surface area contributed by atoms with Crippen LogP contribution in [0.3, 0.4) is 0 Å². The molecule has 0 aromatic heterocycles. The third-order valence-electron chi connectivity index (χ3n) is 4.23. The van der Waals surface area contributed by atoms with Crippen molar-refractivity contribution in [3.8, 4) is 11.5 Å². The largest absolute Gasteiger partial charge is 0.507 e. The number of benzene rings is 1. The summed E-state index contributed by atoms with van der Waals surface area (Å²) in [5.41, 5.74) is 2.74. The highest BCUT2D eigenvalue weighted by atomic mass is 16.5. The molecule has 102 valence electrons. The Balaban J connectivity index is 2.58. The quantitative estimate of drug-likeness (QED) is 0.831. The molecule has 0 saturated carbocycles. The topological polar surface area (TPSA) is 46.5 Å². The number of carbonyl (C=O) groups is 1. The van der Waals surface area contributed by atoms with E-state index in [4.69, 9.17) is 4.74 Å². The van der Waals surface area contributed by atoms with Crippen LogP contribution in [0, 0.1) is 20.8 Å². The molecule has 0 spiro atoms. The molecule has 0 fully saturated rings. The van der Waals surface area contributed by atoms with Crippen LogP contribution in [-0.2, 0) is 11.2 Å². The van der Waals surface area contributed by atoms with Gasteiger partial charge in [-0.25, -0.2) is 0 Å². The first-order chi connectivity index (χ1) is 8.81. The number of phenols is 1. The maximum absolute atomic E-state index is 12.0. The molecule has 0 unspecified atom stereocenters. The zero-order valence-electron chi connectivity index (χ0n) is 12.0. The predicted molar refractivity (Wildman–Crippen MR) is 74.9 cm³/mol. The van der Waals surface area contributed by atoms with E-state index < -0.39 is 5.60 Å². The van der Waals surface area contributed by atoms with Crippen molar-refractivity contribution in [2.45, 2.75) is 46.1 Å². The Morgan fingerprint density at radius 3 is 2.53 bits per heavy atom. The summed E-state index contributed by atoms with van der Waals surface area (Å²) in [4.78, 5) is 12.0. The zero-order chi connectivity index (χ0) is 14.4. The van der Waals surface area contributed by atoms with E-state index >= 15 is 0 Å². The van der Waals surface area contributed by atoms with E-state index in [9.17, 15) is 9.90 Å². The fraction of sp³-hybridized carbons (Fsp3) is 0.438. The van der Waals surface area contributed by atoms with Gasteiger partial charge in [-0.05, 0) is 63.3 Å². The first-order valence-corrected chi connectivity index (χ1v) is 6.49. The van der Waals surface area contributed by atoms with Crippen LogP contribution in [0.4, 0.5) is 0 Å². The van der Waals surface area contributed by atoms with Gasteiger partial charge in [0.25, 0.3) is 0 Å². The second kappa shape index (κ2) is 4.41. The van der Waals surface area contributed by atoms with E-state index in [-0.39, 0.29) is 5.78 Å². The standard InChI is InChI=1S/C16H20O3/c1-6-13(17)16(5)8-7-12-11(4)14(18)9(2)10(3)15(12)19-16/h6,18H,1,7-8H2,2-5H3/t16-/m1/s1. The molecule has 1 aromatic rings. The summed E-state index contributed by atoms with van der Waals surface area (Å²) >= 11 is 0. The second-order valence-electron chi connectivity index (χ2n) is 5.43. The second-order valence-corrected chi connectivity index (χ2v) is 5.43. The molecule has 1 atom stereocenters. The van der Waals surface area contributed by atoms with E-state index in [1.807, 2.05) is 20.8 Å². The van der Waals surface area contributed by atoms with E-state index in [0.717, 1.165) is 34.4 Å². The summed E-state index contributed by atoms with van der Waals surface area (Å²) < 4.78 is 5.99. The van der Waals surface area contributed by atoms with Crippen molar-refractivity contribution in [2.24, 2.45) is 0 Å². The lowest BCUT2D eigenvalue weighted by Gasteiger charge is -2.36. The third-order valence-corrected chi connectivity index (χ3v) is 4.23. The molecule has 0 aliphatic carbocycles. The first kappa shape index (κ1) is 13.7. The van der Waals surface area contributed by atoms with Gasteiger partial charge in [0.1, 0.15) is 11.5 Å². The van der Waals surface area contributed by atoms with Crippen LogP contribution in [-0.4, -0.2) is 16.5 Å². The Labute approximate surface area is 113 Å². The third kappa shape index (κ3) is 1.93. The molecule has 3 heteroatoms. The molecule has 0 amide bonds. The van der Waals surface area contributed by atoms with E-state index in [1.54, 1.807) is 6.92 Å². The normalized spacial score (nSPS) is 21.5. The first-order valence-electron chi connectivity index (χ1n) is 6.49. The van der Waals surface area contributed by atoms with E-state index in [2.05, 4.69) is 6.58 Å². The van der Waals surface area contributed by atoms with Crippen LogP contribution in [0.25, 0.3) is 0 Å². The number of hydrogen-bond acceptors (Lipinski definition) is 3. The number of hydrogen-bond donors (Lipinski definition) is 1. The van der Waals surface area contributed by atoms with Gasteiger partial charge in [0.2, 0.25) is 0 Å². The SMILES string of the molecule is C=CC(=O)[C@@]1(C)CCc2c(C)c(O)c(C)c(C)c2O1. The minimum Gasteiger partial charge on any atom is -0.507 e. The Morgan fingerprint density at radius 2 is 1.95 bits per heavy atom. The lowest BCUT2D eigenvalue weighted by molar-refractivity contribution is -0.129. The molecule has 1 N–H and O–H groups in total. The molecule has 1 aliphatic rings. The Morgan fingerprint density at radius 1 is 1.32 bits per heavy atom. The molecule has 1 heterocycles. The lowest BCUT2D eigenvalue weighted by atomic mass is 9.85. The summed E-state index contributed by atoms with van der Waals surface area (Å²) in [6.07, 6.45) is 2.65. The van der Waals surface area contributed by atoms with Crippen LogP contribution in [0.1, 0.15) is 35.6 Å². The number of aromatic hydroxyl groups is 1. The molecule has 1 aliphatic heterocycles. The van der Waals surface area contributed by atoms with E-state index in [0.29, 0.717) is 12.2 Å². The number of ketones is 1. The maximum atomic E-state index is 12.0. The van der Waals surface area contributed by atoms with Crippen molar-refractivity contribution in [1.29, 1.82) is 0 Å². The van der Waals surface area contributed by atoms with Gasteiger partial charge in [0, 0.05) is 5.56 Å². The minimum absolute atomic E-state index is 0.0964. The van der Waals surface area contributed by atoms with Gasteiger partial charge in [-0.1, -0.05) is 6.58 Å². The number of fused-ring (bicyclic) bond motifs is 1. The van der Waals surface area contributed by atoms with Crippen molar-refractivity contribution >= 4 is 5.78 Å². The van der Waals surface area contributed by atoms with Gasteiger partial charge in [-0.3, -0.25) is 4.79 Å². The van der Waals surface area contributed by atoms with Gasteiger partial charge in [0.15, 0.2) is 11.4 Å². The number of ether oxygens (including phenoxy) is 1. The molecule has 2 rings (SSSR count). The van der Waals surface area contributed by atoms with Crippen molar-refractivity contribution in [2.75, 3.05) is 0 Å². The molecule has 19 heavy (non-hydrogen) atoms. The average molecular weight is 260 g/mol. The van der Waals surface area contributed by atoms with Gasteiger partial charge in [0.05, 0.1) is 0 Å². The molecule has 0 bridgehead atoms. The average Bonchev–Trinajstić information content (AvgIpc) is 2.41. The summed E-state index contributed by atoms with van der Waals surface area (Å²) in [6, 6.07) is 0. The van der Waals surface area contributed by atoms with Gasteiger partial charge in [-0.15, -0.1) is 0 Å². The highest BCUT2D eigenvalue weighted by Gasteiger charge is 2.39. The Kier molecular flexibility index (Phi) is 3.17. The van der Waals surface area contributed by atoms with Gasteiger partial charge in [-0.2, -0.15) is 0 Å². The lowest BCUT2D eigenvalue weighted by Crippen LogP contribution is -2.43. The van der Waals surface area contributed by atoms with Gasteiger partial charge < -0.3 is 9.84 Å². The van der Waals surface area contributed by atoms with Crippen molar-refractivity contribution < 1.29 is 14.6 Å². The summed E-state index contributed by atoms with van der Waals surface area (Å²) in [5, 5.41) is 10.1. The molecule has 1 aromatic carbocycles. The summed E-state index contributed by atoms with van der Waals surface area (Å²) in [7, 11) is 0. The Bertz CT molecular complexity index is 572. The summed E-state index contributed by atoms with van der Waals surface area (Å²) in [6.45, 7) is 11.0. The maximum Gasteiger partial charge on any atom is 0.198 e. The van der Waals surface area contributed by atoms with Crippen molar-refractivity contribution in [3.05, 3.63) is 34.9 Å².